The highest BCUT2D eigenvalue weighted by molar-refractivity contribution is 7.09. The van der Waals surface area contributed by atoms with Crippen LogP contribution in [0.4, 0.5) is 0 Å². The summed E-state index contributed by atoms with van der Waals surface area (Å²) in [7, 11) is 0. The molecule has 0 saturated carbocycles. The molecule has 1 aromatic heterocycles. The molecule has 1 heterocycles. The summed E-state index contributed by atoms with van der Waals surface area (Å²) in [5.41, 5.74) is 0.499. The molecule has 0 unspecified atom stereocenters. The fourth-order valence-electron chi connectivity index (χ4n) is 1.91. The Kier molecular flexibility index (Phi) is 6.54. The second kappa shape index (κ2) is 8.85. The second-order valence-corrected chi connectivity index (χ2v) is 6.30. The third-order valence-corrected chi connectivity index (χ3v) is 4.18. The number of hydrogen-bond acceptors (Lipinski definition) is 6. The number of amides is 1. The number of benzene rings is 1. The maximum atomic E-state index is 12.0. The highest BCUT2D eigenvalue weighted by atomic mass is 32.1. The SMILES string of the molecule is C[C@H](Oc1ccc(C#N)cc1)C(=O)O[C@H](C)C(=O)NCc1cccs1. The zero-order valence-electron chi connectivity index (χ0n) is 13.9. The summed E-state index contributed by atoms with van der Waals surface area (Å²) >= 11 is 1.54. The van der Waals surface area contributed by atoms with E-state index in [-0.39, 0.29) is 5.91 Å². The number of thiophene rings is 1. The van der Waals surface area contributed by atoms with Gasteiger partial charge in [0.25, 0.3) is 5.91 Å². The minimum atomic E-state index is -0.917. The first-order valence-corrected chi connectivity index (χ1v) is 8.55. The lowest BCUT2D eigenvalue weighted by Gasteiger charge is -2.17. The average molecular weight is 358 g/mol. The van der Waals surface area contributed by atoms with Crippen molar-refractivity contribution >= 4 is 23.2 Å². The normalized spacial score (nSPS) is 12.5. The van der Waals surface area contributed by atoms with Crippen molar-refractivity contribution in [2.45, 2.75) is 32.6 Å². The van der Waals surface area contributed by atoms with Gasteiger partial charge in [0.15, 0.2) is 12.2 Å². The molecule has 130 valence electrons. The molecule has 0 bridgehead atoms. The monoisotopic (exact) mass is 358 g/mol. The van der Waals surface area contributed by atoms with Gasteiger partial charge >= 0.3 is 5.97 Å². The molecule has 7 heteroatoms. The van der Waals surface area contributed by atoms with E-state index in [0.717, 1.165) is 4.88 Å². The molecule has 2 atom stereocenters. The Labute approximate surface area is 150 Å². The topological polar surface area (TPSA) is 88.4 Å². The van der Waals surface area contributed by atoms with E-state index in [4.69, 9.17) is 14.7 Å². The number of carbonyl (C=O) groups is 2. The molecule has 25 heavy (non-hydrogen) atoms. The van der Waals surface area contributed by atoms with Gasteiger partial charge in [0.2, 0.25) is 0 Å². The highest BCUT2D eigenvalue weighted by Gasteiger charge is 2.23. The van der Waals surface area contributed by atoms with Gasteiger partial charge in [-0.15, -0.1) is 11.3 Å². The molecule has 1 amide bonds. The van der Waals surface area contributed by atoms with Crippen LogP contribution in [0.1, 0.15) is 24.3 Å². The fraction of sp³-hybridized carbons (Fsp3) is 0.278. The zero-order chi connectivity index (χ0) is 18.2. The largest absolute Gasteiger partial charge is 0.479 e. The van der Waals surface area contributed by atoms with Crippen LogP contribution >= 0.6 is 11.3 Å². The summed E-state index contributed by atoms with van der Waals surface area (Å²) in [5.74, 6) is -0.561. The van der Waals surface area contributed by atoms with Crippen molar-refractivity contribution < 1.29 is 19.1 Å². The van der Waals surface area contributed by atoms with Gasteiger partial charge in [0, 0.05) is 4.88 Å². The van der Waals surface area contributed by atoms with Gasteiger partial charge in [0.05, 0.1) is 18.2 Å². The quantitative estimate of drug-likeness (QED) is 0.769. The lowest BCUT2D eigenvalue weighted by molar-refractivity contribution is -0.160. The summed E-state index contributed by atoms with van der Waals surface area (Å²) < 4.78 is 10.6. The number of nitrogens with zero attached hydrogens (tertiary/aromatic N) is 1. The molecule has 0 radical (unpaired) electrons. The van der Waals surface area contributed by atoms with Gasteiger partial charge in [-0.05, 0) is 49.6 Å². The lowest BCUT2D eigenvalue weighted by Crippen LogP contribution is -2.38. The molecule has 1 N–H and O–H groups in total. The second-order valence-electron chi connectivity index (χ2n) is 5.27. The molecule has 0 aliphatic rings. The van der Waals surface area contributed by atoms with Crippen LogP contribution in [0.15, 0.2) is 41.8 Å². The molecule has 1 aromatic carbocycles. The van der Waals surface area contributed by atoms with E-state index in [0.29, 0.717) is 17.9 Å². The van der Waals surface area contributed by atoms with Crippen LogP contribution in [0.3, 0.4) is 0 Å². The number of nitrogens with one attached hydrogen (secondary N) is 1. The third kappa shape index (κ3) is 5.62. The zero-order valence-corrected chi connectivity index (χ0v) is 14.7. The van der Waals surface area contributed by atoms with Gasteiger partial charge in [-0.1, -0.05) is 6.07 Å². The number of carbonyl (C=O) groups excluding carboxylic acids is 2. The summed E-state index contributed by atoms with van der Waals surface area (Å²) in [4.78, 5) is 25.0. The minimum Gasteiger partial charge on any atom is -0.479 e. The first-order valence-electron chi connectivity index (χ1n) is 7.67. The van der Waals surface area contributed by atoms with Crippen LogP contribution in [0.2, 0.25) is 0 Å². The van der Waals surface area contributed by atoms with E-state index >= 15 is 0 Å². The fourth-order valence-corrected chi connectivity index (χ4v) is 2.56. The van der Waals surface area contributed by atoms with E-state index in [2.05, 4.69) is 5.32 Å². The number of ether oxygens (including phenoxy) is 2. The number of hydrogen-bond donors (Lipinski definition) is 1. The molecule has 0 saturated heterocycles. The van der Waals surface area contributed by atoms with E-state index in [9.17, 15) is 9.59 Å². The summed E-state index contributed by atoms with van der Waals surface area (Å²) in [5, 5.41) is 13.4. The van der Waals surface area contributed by atoms with Gasteiger partial charge in [-0.25, -0.2) is 4.79 Å². The molecule has 0 spiro atoms. The predicted molar refractivity (Wildman–Crippen MR) is 93.0 cm³/mol. The molecule has 2 rings (SSSR count). The number of nitriles is 1. The number of rotatable bonds is 7. The Balaban J connectivity index is 1.80. The van der Waals surface area contributed by atoms with E-state index < -0.39 is 18.2 Å². The molecular weight excluding hydrogens is 340 g/mol. The summed E-state index contributed by atoms with van der Waals surface area (Å²) in [6.07, 6.45) is -1.79. The van der Waals surface area contributed by atoms with Crippen molar-refractivity contribution in [1.82, 2.24) is 5.32 Å². The Hall–Kier alpha value is -2.85. The van der Waals surface area contributed by atoms with Crippen LogP contribution in [-0.4, -0.2) is 24.1 Å². The van der Waals surface area contributed by atoms with Crippen LogP contribution in [0, 0.1) is 11.3 Å². The van der Waals surface area contributed by atoms with Gasteiger partial charge in [-0.2, -0.15) is 5.26 Å². The van der Waals surface area contributed by atoms with Crippen molar-refractivity contribution in [2.75, 3.05) is 0 Å². The predicted octanol–water partition coefficient (Wildman–Crippen LogP) is 2.64. The van der Waals surface area contributed by atoms with Crippen LogP contribution in [-0.2, 0) is 20.9 Å². The molecule has 0 fully saturated rings. The van der Waals surface area contributed by atoms with Crippen molar-refractivity contribution in [3.8, 4) is 11.8 Å². The van der Waals surface area contributed by atoms with Crippen LogP contribution in [0.5, 0.6) is 5.75 Å². The third-order valence-electron chi connectivity index (χ3n) is 3.31. The Bertz CT molecular complexity index is 750. The molecule has 2 aromatic rings. The van der Waals surface area contributed by atoms with Crippen molar-refractivity contribution in [2.24, 2.45) is 0 Å². The number of esters is 1. The standard InChI is InChI=1S/C18H18N2O4S/c1-12(17(21)20-11-16-4-3-9-25-16)24-18(22)13(2)23-15-7-5-14(10-19)6-8-15/h3-9,12-13H,11H2,1-2H3,(H,20,21)/t12-,13+/m1/s1. The molecule has 6 nitrogen and oxygen atoms in total. The highest BCUT2D eigenvalue weighted by Crippen LogP contribution is 2.14. The maximum Gasteiger partial charge on any atom is 0.347 e. The van der Waals surface area contributed by atoms with Crippen LogP contribution < -0.4 is 10.1 Å². The van der Waals surface area contributed by atoms with Crippen molar-refractivity contribution in [1.29, 1.82) is 5.26 Å². The van der Waals surface area contributed by atoms with Gasteiger partial charge in [-0.3, -0.25) is 4.79 Å². The van der Waals surface area contributed by atoms with E-state index in [1.807, 2.05) is 23.6 Å². The molecular formula is C18H18N2O4S. The van der Waals surface area contributed by atoms with Crippen LogP contribution in [0.25, 0.3) is 0 Å². The first kappa shape index (κ1) is 18.5. The maximum absolute atomic E-state index is 12.0. The Morgan fingerprint density at radius 3 is 2.52 bits per heavy atom. The Morgan fingerprint density at radius 2 is 1.92 bits per heavy atom. The van der Waals surface area contributed by atoms with Gasteiger partial charge < -0.3 is 14.8 Å². The Morgan fingerprint density at radius 1 is 1.20 bits per heavy atom. The van der Waals surface area contributed by atoms with Crippen molar-refractivity contribution in [3.05, 3.63) is 52.2 Å². The van der Waals surface area contributed by atoms with Crippen molar-refractivity contribution in [3.63, 3.8) is 0 Å². The minimum absolute atomic E-state index is 0.368. The summed E-state index contributed by atoms with van der Waals surface area (Å²) in [6, 6.07) is 12.2. The van der Waals surface area contributed by atoms with E-state index in [1.165, 1.54) is 25.2 Å². The average Bonchev–Trinajstić information content (AvgIpc) is 3.13. The first-order chi connectivity index (χ1) is 12.0. The lowest BCUT2D eigenvalue weighted by atomic mass is 10.2. The van der Waals surface area contributed by atoms with Gasteiger partial charge in [0.1, 0.15) is 5.75 Å². The van der Waals surface area contributed by atoms with E-state index in [1.54, 1.807) is 24.3 Å². The summed E-state index contributed by atoms with van der Waals surface area (Å²) in [6.45, 7) is 3.45. The smallest absolute Gasteiger partial charge is 0.347 e. The molecule has 0 aliphatic heterocycles. The molecule has 0 aliphatic carbocycles.